The molecule has 0 amide bonds. The lowest BCUT2D eigenvalue weighted by Gasteiger charge is -2.21. The molecule has 0 bridgehead atoms. The fourth-order valence-corrected chi connectivity index (χ4v) is 2.18. The summed E-state index contributed by atoms with van der Waals surface area (Å²) in [6.07, 6.45) is 0.795. The average Bonchev–Trinajstić information content (AvgIpc) is 2.26. The number of hydrogen-bond acceptors (Lipinski definition) is 1. The van der Waals surface area contributed by atoms with Crippen LogP contribution in [0.3, 0.4) is 0 Å². The minimum Gasteiger partial charge on any atom is -0.317 e. The molecule has 0 aliphatic carbocycles. The summed E-state index contributed by atoms with van der Waals surface area (Å²) in [6, 6.07) is 5.32. The van der Waals surface area contributed by atoms with Gasteiger partial charge in [0.25, 0.3) is 0 Å². The minimum atomic E-state index is -0.110. The fourth-order valence-electron chi connectivity index (χ4n) is 1.84. The van der Waals surface area contributed by atoms with E-state index < -0.39 is 0 Å². The van der Waals surface area contributed by atoms with Gasteiger partial charge in [-0.15, -0.1) is 0 Å². The molecule has 0 radical (unpaired) electrons. The van der Waals surface area contributed by atoms with Crippen LogP contribution < -0.4 is 5.32 Å². The van der Waals surface area contributed by atoms with Crippen LogP contribution in [-0.4, -0.2) is 13.1 Å². The zero-order chi connectivity index (χ0) is 12.8. The molecule has 3 heteroatoms. The molecule has 0 saturated carbocycles. The smallest absolute Gasteiger partial charge is 0.127 e. The van der Waals surface area contributed by atoms with Gasteiger partial charge >= 0.3 is 0 Å². The minimum absolute atomic E-state index is 0.110. The molecule has 1 unspecified atom stereocenters. The van der Waals surface area contributed by atoms with Gasteiger partial charge in [0, 0.05) is 4.47 Å². The highest BCUT2D eigenvalue weighted by atomic mass is 79.9. The summed E-state index contributed by atoms with van der Waals surface area (Å²) in [4.78, 5) is 0. The van der Waals surface area contributed by atoms with Crippen molar-refractivity contribution in [3.05, 3.63) is 34.1 Å². The summed E-state index contributed by atoms with van der Waals surface area (Å²) in [5.74, 6) is 0.921. The van der Waals surface area contributed by atoms with Crippen LogP contribution in [0.2, 0.25) is 0 Å². The Kier molecular flexibility index (Phi) is 6.14. The molecule has 96 valence electrons. The van der Waals surface area contributed by atoms with Gasteiger partial charge in [0.15, 0.2) is 0 Å². The molecule has 1 rings (SSSR count). The Labute approximate surface area is 112 Å². The van der Waals surface area contributed by atoms with Crippen molar-refractivity contribution in [2.45, 2.75) is 27.2 Å². The lowest BCUT2D eigenvalue weighted by Crippen LogP contribution is -2.27. The van der Waals surface area contributed by atoms with E-state index in [0.29, 0.717) is 11.8 Å². The van der Waals surface area contributed by atoms with Crippen LogP contribution >= 0.6 is 15.9 Å². The van der Waals surface area contributed by atoms with Crippen LogP contribution in [-0.2, 0) is 6.42 Å². The van der Waals surface area contributed by atoms with Gasteiger partial charge in [-0.2, -0.15) is 0 Å². The van der Waals surface area contributed by atoms with Crippen molar-refractivity contribution in [1.29, 1.82) is 0 Å². The van der Waals surface area contributed by atoms with Gasteiger partial charge in [-0.1, -0.05) is 42.8 Å². The van der Waals surface area contributed by atoms with Gasteiger partial charge in [0.05, 0.1) is 0 Å². The summed E-state index contributed by atoms with van der Waals surface area (Å²) in [7, 11) is 0. The van der Waals surface area contributed by atoms with E-state index in [9.17, 15) is 4.39 Å². The molecule has 1 nitrogen and oxygen atoms in total. The Hall–Kier alpha value is -0.410. The predicted octanol–water partition coefficient (Wildman–Crippen LogP) is 4.01. The monoisotopic (exact) mass is 301 g/mol. The second-order valence-corrected chi connectivity index (χ2v) is 5.67. The number of rotatable bonds is 6. The van der Waals surface area contributed by atoms with E-state index in [1.165, 1.54) is 0 Å². The number of nitrogens with one attached hydrogen (secondary N) is 1. The highest BCUT2D eigenvalue weighted by molar-refractivity contribution is 9.10. The molecular formula is C14H21BrFN. The Morgan fingerprint density at radius 3 is 2.59 bits per heavy atom. The van der Waals surface area contributed by atoms with Crippen molar-refractivity contribution in [3.8, 4) is 0 Å². The van der Waals surface area contributed by atoms with E-state index in [4.69, 9.17) is 0 Å². The van der Waals surface area contributed by atoms with Crippen molar-refractivity contribution >= 4 is 15.9 Å². The topological polar surface area (TPSA) is 12.0 Å². The maximum absolute atomic E-state index is 13.7. The number of benzene rings is 1. The van der Waals surface area contributed by atoms with Crippen LogP contribution in [0.25, 0.3) is 0 Å². The van der Waals surface area contributed by atoms with E-state index in [1.807, 2.05) is 12.1 Å². The lowest BCUT2D eigenvalue weighted by atomic mass is 9.89. The van der Waals surface area contributed by atoms with Crippen LogP contribution in [0.4, 0.5) is 4.39 Å². The van der Waals surface area contributed by atoms with Crippen molar-refractivity contribution in [3.63, 3.8) is 0 Å². The zero-order valence-corrected chi connectivity index (χ0v) is 12.3. The van der Waals surface area contributed by atoms with Gasteiger partial charge in [-0.25, -0.2) is 4.39 Å². The van der Waals surface area contributed by atoms with E-state index in [2.05, 4.69) is 42.0 Å². The third-order valence-corrected chi connectivity index (χ3v) is 3.59. The largest absolute Gasteiger partial charge is 0.317 e. The summed E-state index contributed by atoms with van der Waals surface area (Å²) in [5.41, 5.74) is 0.810. The third kappa shape index (κ3) is 4.76. The van der Waals surface area contributed by atoms with Crippen LogP contribution in [0.5, 0.6) is 0 Å². The standard InChI is InChI=1S/C14H21BrFN/c1-4-17-9-12(10(2)3)7-11-5-6-13(15)8-14(11)16/h5-6,8,10,12,17H,4,7,9H2,1-3H3. The maximum Gasteiger partial charge on any atom is 0.127 e. The first kappa shape index (κ1) is 14.7. The van der Waals surface area contributed by atoms with Gasteiger partial charge in [-0.3, -0.25) is 0 Å². The van der Waals surface area contributed by atoms with Gasteiger partial charge in [0.1, 0.15) is 5.82 Å². The summed E-state index contributed by atoms with van der Waals surface area (Å²) >= 11 is 3.28. The van der Waals surface area contributed by atoms with E-state index in [0.717, 1.165) is 29.5 Å². The second kappa shape index (κ2) is 7.12. The van der Waals surface area contributed by atoms with Gasteiger partial charge in [0.2, 0.25) is 0 Å². The van der Waals surface area contributed by atoms with Crippen LogP contribution in [0, 0.1) is 17.7 Å². The molecule has 0 aromatic heterocycles. The van der Waals surface area contributed by atoms with Crippen LogP contribution in [0.15, 0.2) is 22.7 Å². The zero-order valence-electron chi connectivity index (χ0n) is 10.8. The SMILES string of the molecule is CCNCC(Cc1ccc(Br)cc1F)C(C)C. The molecule has 1 aromatic rings. The maximum atomic E-state index is 13.7. The summed E-state index contributed by atoms with van der Waals surface area (Å²) in [5, 5.41) is 3.35. The van der Waals surface area contributed by atoms with Crippen molar-refractivity contribution in [2.75, 3.05) is 13.1 Å². The van der Waals surface area contributed by atoms with Gasteiger partial charge in [-0.05, 0) is 49.0 Å². The Bertz CT molecular complexity index is 352. The third-order valence-electron chi connectivity index (χ3n) is 3.10. The second-order valence-electron chi connectivity index (χ2n) is 4.75. The molecular weight excluding hydrogens is 281 g/mol. The summed E-state index contributed by atoms with van der Waals surface area (Å²) in [6.45, 7) is 8.39. The highest BCUT2D eigenvalue weighted by Gasteiger charge is 2.15. The number of halogens is 2. The van der Waals surface area contributed by atoms with Crippen molar-refractivity contribution < 1.29 is 4.39 Å². The highest BCUT2D eigenvalue weighted by Crippen LogP contribution is 2.21. The Balaban J connectivity index is 2.71. The predicted molar refractivity (Wildman–Crippen MR) is 74.7 cm³/mol. The lowest BCUT2D eigenvalue weighted by molar-refractivity contribution is 0.359. The molecule has 0 fully saturated rings. The molecule has 1 N–H and O–H groups in total. The van der Waals surface area contributed by atoms with E-state index in [1.54, 1.807) is 6.07 Å². The van der Waals surface area contributed by atoms with Gasteiger partial charge < -0.3 is 5.32 Å². The fraction of sp³-hybridized carbons (Fsp3) is 0.571. The van der Waals surface area contributed by atoms with Crippen LogP contribution in [0.1, 0.15) is 26.3 Å². The first-order chi connectivity index (χ1) is 8.04. The quantitative estimate of drug-likeness (QED) is 0.837. The summed E-state index contributed by atoms with van der Waals surface area (Å²) < 4.78 is 14.5. The molecule has 0 aliphatic rings. The molecule has 17 heavy (non-hydrogen) atoms. The first-order valence-electron chi connectivity index (χ1n) is 6.19. The van der Waals surface area contributed by atoms with Crippen molar-refractivity contribution in [1.82, 2.24) is 5.32 Å². The first-order valence-corrected chi connectivity index (χ1v) is 6.98. The molecule has 0 heterocycles. The molecule has 0 spiro atoms. The molecule has 1 atom stereocenters. The normalized spacial score (nSPS) is 13.1. The Morgan fingerprint density at radius 1 is 1.35 bits per heavy atom. The molecule has 0 saturated heterocycles. The number of hydrogen-bond donors (Lipinski definition) is 1. The molecule has 1 aromatic carbocycles. The molecule has 0 aliphatic heterocycles. The van der Waals surface area contributed by atoms with E-state index >= 15 is 0 Å². The average molecular weight is 302 g/mol. The van der Waals surface area contributed by atoms with E-state index in [-0.39, 0.29) is 5.82 Å². The Morgan fingerprint density at radius 2 is 2.06 bits per heavy atom. The van der Waals surface area contributed by atoms with Crippen molar-refractivity contribution in [2.24, 2.45) is 11.8 Å².